The standard InChI is InChI=1S/C36H27ClF8N8O2S/c1-14-27-20(37)4-5-23(30(27)51(3)49-14)53-26(55)11-21(24-12-46-34(56-24)35(2,42)43)48-33(53)22(8-15-6-16(38)9-17(39)7-15)47-25(54)13-52-31-28(29(50-52)32(40)41)18-10-19(18)36(31,44)45/h4-7,9,11-12,18-19,22,32H,8,10,13H2,1-3H3,(H,47,54)/t18-,19+,22-/m0/s1. The molecule has 292 valence electrons. The van der Waals surface area contributed by atoms with Gasteiger partial charge >= 0.3 is 0 Å². The summed E-state index contributed by atoms with van der Waals surface area (Å²) in [5, 5.41) is 10.8. The fourth-order valence-electron chi connectivity index (χ4n) is 7.56. The van der Waals surface area contributed by atoms with Gasteiger partial charge in [-0.1, -0.05) is 11.6 Å². The lowest BCUT2D eigenvalue weighted by Gasteiger charge is -2.24. The molecule has 0 saturated heterocycles. The summed E-state index contributed by atoms with van der Waals surface area (Å²) < 4.78 is 119. The van der Waals surface area contributed by atoms with Crippen molar-refractivity contribution in [2.45, 2.75) is 63.5 Å². The monoisotopic (exact) mass is 822 g/mol. The van der Waals surface area contributed by atoms with Crippen LogP contribution in [-0.2, 0) is 36.7 Å². The molecule has 0 spiro atoms. The van der Waals surface area contributed by atoms with Crippen molar-refractivity contribution in [1.29, 1.82) is 0 Å². The summed E-state index contributed by atoms with van der Waals surface area (Å²) in [5.74, 6) is -12.3. The average molecular weight is 823 g/mol. The summed E-state index contributed by atoms with van der Waals surface area (Å²) in [6, 6.07) is 4.99. The fraction of sp³-hybridized carbons (Fsp3) is 0.333. The van der Waals surface area contributed by atoms with Crippen LogP contribution in [0.2, 0.25) is 5.02 Å². The number of thiazole rings is 1. The van der Waals surface area contributed by atoms with E-state index in [9.17, 15) is 35.9 Å². The van der Waals surface area contributed by atoms with Crippen molar-refractivity contribution < 1.29 is 39.9 Å². The van der Waals surface area contributed by atoms with Crippen LogP contribution in [0.1, 0.15) is 70.8 Å². The molecule has 8 rings (SSSR count). The second-order valence-corrected chi connectivity index (χ2v) is 15.3. The van der Waals surface area contributed by atoms with Crippen molar-refractivity contribution in [1.82, 2.24) is 39.4 Å². The number of aryl methyl sites for hydroxylation is 2. The highest BCUT2D eigenvalue weighted by molar-refractivity contribution is 7.15. The molecule has 3 atom stereocenters. The molecule has 1 amide bonds. The number of fused-ring (bicyclic) bond motifs is 4. The topological polar surface area (TPSA) is 113 Å². The van der Waals surface area contributed by atoms with E-state index in [-0.39, 0.29) is 44.7 Å². The minimum absolute atomic E-state index is 0.00524. The predicted molar refractivity (Wildman–Crippen MR) is 187 cm³/mol. The lowest BCUT2D eigenvalue weighted by atomic mass is 10.0. The first-order valence-electron chi connectivity index (χ1n) is 17.0. The SMILES string of the molecule is Cc1nn(C)c2c(-n3c([C@H](Cc4cc(F)cc(F)c4)NC(=O)Cn4nc(C(F)F)c5c4C(F)(F)[C@@H]4C[C@H]54)nc(-c4cnc(C(C)(F)F)s4)cc3=O)ccc(Cl)c12. The Bertz CT molecular complexity index is 2630. The predicted octanol–water partition coefficient (Wildman–Crippen LogP) is 8.04. The summed E-state index contributed by atoms with van der Waals surface area (Å²) in [4.78, 5) is 36.7. The second kappa shape index (κ2) is 13.2. The van der Waals surface area contributed by atoms with Gasteiger partial charge in [0.1, 0.15) is 35.4 Å². The van der Waals surface area contributed by atoms with Crippen molar-refractivity contribution in [3.05, 3.63) is 109 Å². The van der Waals surface area contributed by atoms with Crippen LogP contribution in [0.15, 0.2) is 47.4 Å². The molecular formula is C36H27ClF8N8O2S. The number of nitrogens with one attached hydrogen (secondary N) is 1. The molecule has 0 aliphatic heterocycles. The van der Waals surface area contributed by atoms with Crippen LogP contribution in [0.4, 0.5) is 35.1 Å². The Balaban J connectivity index is 1.31. The molecule has 2 aliphatic rings. The summed E-state index contributed by atoms with van der Waals surface area (Å²) in [7, 11) is 1.58. The van der Waals surface area contributed by atoms with E-state index in [4.69, 9.17) is 11.6 Å². The maximum Gasteiger partial charge on any atom is 0.296 e. The molecule has 2 aliphatic carbocycles. The summed E-state index contributed by atoms with van der Waals surface area (Å²) >= 11 is 7.08. The third kappa shape index (κ3) is 6.33. The van der Waals surface area contributed by atoms with Gasteiger partial charge in [-0.25, -0.2) is 27.5 Å². The van der Waals surface area contributed by atoms with Crippen molar-refractivity contribution in [3.8, 4) is 16.3 Å². The fourth-order valence-corrected chi connectivity index (χ4v) is 8.65. The summed E-state index contributed by atoms with van der Waals surface area (Å²) in [5.41, 5.74) is -2.01. The van der Waals surface area contributed by atoms with E-state index in [0.717, 1.165) is 29.0 Å². The Hall–Kier alpha value is -5.17. The molecule has 4 heterocycles. The van der Waals surface area contributed by atoms with Crippen LogP contribution in [0.5, 0.6) is 0 Å². The number of carbonyl (C=O) groups excluding carboxylic acids is 1. The molecule has 1 fully saturated rings. The molecule has 0 unspecified atom stereocenters. The number of benzene rings is 2. The van der Waals surface area contributed by atoms with Crippen LogP contribution >= 0.6 is 22.9 Å². The van der Waals surface area contributed by atoms with Gasteiger partial charge in [-0.2, -0.15) is 27.8 Å². The van der Waals surface area contributed by atoms with E-state index < -0.39 is 88.6 Å². The molecule has 2 aromatic carbocycles. The van der Waals surface area contributed by atoms with Gasteiger partial charge in [0.15, 0.2) is 5.01 Å². The molecule has 56 heavy (non-hydrogen) atoms. The number of halogens is 9. The van der Waals surface area contributed by atoms with Crippen LogP contribution < -0.4 is 10.9 Å². The number of aromatic nitrogens is 7. The smallest absolute Gasteiger partial charge is 0.296 e. The molecule has 1 saturated carbocycles. The molecule has 4 aromatic heterocycles. The minimum Gasteiger partial charge on any atom is -0.344 e. The summed E-state index contributed by atoms with van der Waals surface area (Å²) in [6.45, 7) is 1.32. The Morgan fingerprint density at radius 3 is 2.50 bits per heavy atom. The van der Waals surface area contributed by atoms with Crippen molar-refractivity contribution >= 4 is 39.7 Å². The number of carbonyl (C=O) groups is 1. The molecule has 10 nitrogen and oxygen atoms in total. The zero-order valence-electron chi connectivity index (χ0n) is 29.2. The van der Waals surface area contributed by atoms with E-state index >= 15 is 8.78 Å². The van der Waals surface area contributed by atoms with Crippen molar-refractivity contribution in [2.24, 2.45) is 13.0 Å². The van der Waals surface area contributed by atoms with Crippen LogP contribution in [0.3, 0.4) is 0 Å². The Labute approximate surface area is 319 Å². The van der Waals surface area contributed by atoms with Gasteiger partial charge in [-0.05, 0) is 49.1 Å². The Kier molecular flexibility index (Phi) is 8.90. The number of nitrogens with zero attached hydrogens (tertiary/aromatic N) is 7. The zero-order chi connectivity index (χ0) is 40.2. The van der Waals surface area contributed by atoms with Gasteiger partial charge in [0, 0.05) is 55.6 Å². The van der Waals surface area contributed by atoms with Crippen LogP contribution in [0.25, 0.3) is 27.2 Å². The van der Waals surface area contributed by atoms with Crippen molar-refractivity contribution in [3.63, 3.8) is 0 Å². The number of alkyl halides is 6. The van der Waals surface area contributed by atoms with Gasteiger partial charge in [0.05, 0.1) is 38.5 Å². The second-order valence-electron chi connectivity index (χ2n) is 13.9. The Morgan fingerprint density at radius 1 is 1.12 bits per heavy atom. The molecule has 0 bridgehead atoms. The van der Waals surface area contributed by atoms with Crippen molar-refractivity contribution in [2.75, 3.05) is 0 Å². The third-order valence-corrected chi connectivity index (χ3v) is 11.4. The van der Waals surface area contributed by atoms with Crippen LogP contribution in [0, 0.1) is 24.5 Å². The third-order valence-electron chi connectivity index (χ3n) is 9.88. The van der Waals surface area contributed by atoms with E-state index in [2.05, 4.69) is 25.5 Å². The first-order valence-corrected chi connectivity index (χ1v) is 18.1. The summed E-state index contributed by atoms with van der Waals surface area (Å²) in [6.07, 6.45) is -2.60. The highest BCUT2D eigenvalue weighted by atomic mass is 35.5. The Morgan fingerprint density at radius 2 is 1.84 bits per heavy atom. The molecule has 6 aromatic rings. The average Bonchev–Trinajstić information content (AvgIpc) is 3.33. The quantitative estimate of drug-likeness (QED) is 0.140. The molecular weight excluding hydrogens is 796 g/mol. The molecule has 1 N–H and O–H groups in total. The van der Waals surface area contributed by atoms with E-state index in [1.54, 1.807) is 14.0 Å². The van der Waals surface area contributed by atoms with Gasteiger partial charge in [0.25, 0.3) is 23.8 Å². The first kappa shape index (κ1) is 37.7. The number of amides is 1. The number of hydrogen-bond acceptors (Lipinski definition) is 7. The normalized spacial score (nSPS) is 17.7. The van der Waals surface area contributed by atoms with E-state index in [1.165, 1.54) is 16.8 Å². The maximum absolute atomic E-state index is 15.4. The van der Waals surface area contributed by atoms with E-state index in [0.29, 0.717) is 45.6 Å². The van der Waals surface area contributed by atoms with Crippen LogP contribution in [-0.4, -0.2) is 40.0 Å². The largest absolute Gasteiger partial charge is 0.344 e. The van der Waals surface area contributed by atoms with Gasteiger partial charge in [-0.3, -0.25) is 23.5 Å². The lowest BCUT2D eigenvalue weighted by Crippen LogP contribution is -2.38. The van der Waals surface area contributed by atoms with Gasteiger partial charge in [0.2, 0.25) is 5.91 Å². The first-order chi connectivity index (χ1) is 26.3. The highest BCUT2D eigenvalue weighted by Gasteiger charge is 2.67. The number of rotatable bonds is 10. The highest BCUT2D eigenvalue weighted by Crippen LogP contribution is 2.68. The molecule has 20 heteroatoms. The zero-order valence-corrected chi connectivity index (χ0v) is 30.8. The maximum atomic E-state index is 15.4. The molecule has 0 radical (unpaired) electrons. The van der Waals surface area contributed by atoms with Gasteiger partial charge in [-0.15, -0.1) is 11.3 Å². The van der Waals surface area contributed by atoms with Gasteiger partial charge < -0.3 is 5.32 Å². The lowest BCUT2D eigenvalue weighted by molar-refractivity contribution is -0.123. The van der Waals surface area contributed by atoms with E-state index in [1.807, 2.05) is 0 Å². The minimum atomic E-state index is -3.54. The number of hydrogen-bond donors (Lipinski definition) is 1.